The predicted molar refractivity (Wildman–Crippen MR) is 554 cm³/mol. The van der Waals surface area contributed by atoms with Gasteiger partial charge >= 0.3 is 0 Å². The Labute approximate surface area is 836 Å². The summed E-state index contributed by atoms with van der Waals surface area (Å²) in [5, 5.41) is 17.1. The molecule has 7 aromatic carbocycles. The minimum atomic E-state index is -3.59. The van der Waals surface area contributed by atoms with E-state index in [1.54, 1.807) is 47.6 Å². The number of benzene rings is 7. The lowest BCUT2D eigenvalue weighted by atomic mass is 10.1. The number of rotatable bonds is 25. The highest BCUT2D eigenvalue weighted by molar-refractivity contribution is 7.86. The van der Waals surface area contributed by atoms with Crippen LogP contribution in [0.4, 0.5) is 17.5 Å². The minimum absolute atomic E-state index is 0.00169. The molecule has 3 atom stereocenters. The molecule has 0 saturated carbocycles. The number of halogens is 2. The van der Waals surface area contributed by atoms with Crippen molar-refractivity contribution in [2.45, 2.75) is 143 Å². The Morgan fingerprint density at radius 2 is 0.721 bits per heavy atom. The van der Waals surface area contributed by atoms with Crippen molar-refractivity contribution >= 4 is 68.5 Å². The Hall–Kier alpha value is -12.7. The first kappa shape index (κ1) is 105. The maximum Gasteiger partial charge on any atom is 0.265 e. The summed E-state index contributed by atoms with van der Waals surface area (Å²) in [6.07, 6.45) is 20.2. The first-order valence-electron chi connectivity index (χ1n) is 48.6. The van der Waals surface area contributed by atoms with Crippen molar-refractivity contribution in [2.75, 3.05) is 132 Å². The van der Waals surface area contributed by atoms with Crippen LogP contribution in [0.15, 0.2) is 286 Å². The molecule has 12 heterocycles. The average molecular weight is 1960 g/mol. The lowest BCUT2D eigenvalue weighted by Crippen LogP contribution is -2.43. The summed E-state index contributed by atoms with van der Waals surface area (Å²) in [6, 6.07) is 83.8. The average Bonchev–Trinajstić information content (AvgIpc) is 1.68. The van der Waals surface area contributed by atoms with Crippen molar-refractivity contribution in [3.05, 3.63) is 358 Å². The van der Waals surface area contributed by atoms with Crippen LogP contribution in [0.2, 0.25) is 10.3 Å². The summed E-state index contributed by atoms with van der Waals surface area (Å²) in [6.45, 7) is 26.2. The van der Waals surface area contributed by atoms with Crippen LogP contribution in [0.1, 0.15) is 113 Å². The molecule has 7 aliphatic heterocycles. The largest absolute Gasteiger partial charge is 0.506 e. The molecule has 5 aromatic heterocycles. The van der Waals surface area contributed by atoms with Crippen molar-refractivity contribution < 1.29 is 51.0 Å². The first-order valence-corrected chi connectivity index (χ1v) is 51.1. The minimum Gasteiger partial charge on any atom is -0.506 e. The molecular formula is C111H132Cl2N15O11S+. The fourth-order valence-electron chi connectivity index (χ4n) is 16.9. The second-order valence-corrected chi connectivity index (χ2v) is 37.9. The number of amides is 3. The number of carbonyl (C=O) groups is 3. The number of nitrogens with one attached hydrogen (secondary N) is 2. The van der Waals surface area contributed by atoms with E-state index in [2.05, 4.69) is 153 Å². The van der Waals surface area contributed by atoms with E-state index in [1.807, 2.05) is 181 Å². The molecule has 29 heteroatoms. The number of anilines is 3. The number of pyridine rings is 5. The highest BCUT2D eigenvalue weighted by atomic mass is 35.5. The van der Waals surface area contributed by atoms with E-state index >= 15 is 0 Å². The van der Waals surface area contributed by atoms with Crippen molar-refractivity contribution in [3.63, 3.8) is 0 Å². The van der Waals surface area contributed by atoms with Crippen molar-refractivity contribution in [3.8, 4) is 28.7 Å². The van der Waals surface area contributed by atoms with Crippen molar-refractivity contribution in [1.29, 1.82) is 0 Å². The Kier molecular flexibility index (Phi) is 41.8. The Balaban J connectivity index is 0.000000143. The van der Waals surface area contributed by atoms with Gasteiger partial charge < -0.3 is 58.8 Å². The molecule has 7 saturated heterocycles. The van der Waals surface area contributed by atoms with Gasteiger partial charge in [-0.1, -0.05) is 234 Å². The summed E-state index contributed by atoms with van der Waals surface area (Å²) >= 11 is 11.3. The third-order valence-electron chi connectivity index (χ3n) is 24.7. The van der Waals surface area contributed by atoms with Gasteiger partial charge in [-0.3, -0.25) is 33.7 Å². The van der Waals surface area contributed by atoms with E-state index in [-0.39, 0.29) is 35.6 Å². The number of aromatic nitrogens is 5. The van der Waals surface area contributed by atoms with Gasteiger partial charge in [-0.25, -0.2) is 24.9 Å². The standard InChI is InChI=1S/C29H34N4O2.C22H28N4O2.C17H21N3O.C13H17NO4S.2C12H10ClNO.C6H12N/c1-23-8-10-24(11-9-23)21-33-17-14-27(29(33)34)31-15-5-16-32(19-18-31)28-13-12-26(20-30-28)35-22-25-6-3-2-4-7-25;1-17-3-5-18(6-4-17)16-26-12-9-20(22(26)28)24-10-2-11-25(14-13-24)21-8-7-19(27)15-23-21;1-2-5-15(6-3-1)14-21-16-7-8-17(19-13-16)20-11-4-9-18-10-12-20;1-10-3-5-11(6-4-10)9-14-8-7-12(13(14)15)18-19(2,16)17;2*13-12-7-6-11(8-14-12)15-9-10-4-2-1-3-5-10;1-2-4-6-7-5-3-1/h2-4,6-13,20,27H,5,14-19,21-22H2,1H3;3-8,15,20,27H,2,9-14,16H2,1H3;1-3,5-8,13,18H,4,9-12,14H2;3-6,12H,7-9H2,1-2H3;2*1-8H,9H2;3,7H,1-2,4-6H2/q;;;;;;+1/t27-;20-;;12-;;;/m11.0.../s1. The number of hydrogen-bond acceptors (Lipinski definition) is 23. The van der Waals surface area contributed by atoms with Crippen LogP contribution in [-0.2, 0) is 74.7 Å². The molecule has 0 aliphatic carbocycles. The van der Waals surface area contributed by atoms with Gasteiger partial charge in [0.25, 0.3) is 16.0 Å². The molecule has 19 rings (SSSR count). The van der Waals surface area contributed by atoms with Crippen LogP contribution in [0.25, 0.3) is 0 Å². The second-order valence-electron chi connectivity index (χ2n) is 35.6. The molecule has 3 amide bonds. The SMILES string of the molecule is Cc1ccc(CN2CC[C@@H](N3CCCN(c4ccc(O)cn4)CC3)C2=O)cc1.Cc1ccc(CN2CC[C@@H](N3CCCN(c4ccc(OCc5ccccc5)cn4)CC3)C2=O)cc1.Cc1ccc(CN2CC[C@H](OS(C)(=O)=O)C2=O)cc1.Clc1ccc(OCc2ccccc2)cn1.Clc1ccc(OCc2ccccc2)cn1.[CH+]1CCCCNC1.c1ccc(COc2ccc(N3CCCNCC3)nc2)cc1. The van der Waals surface area contributed by atoms with Crippen LogP contribution >= 0.6 is 23.2 Å². The normalized spacial score (nSPS) is 17.3. The Morgan fingerprint density at radius 1 is 0.357 bits per heavy atom. The Morgan fingerprint density at radius 3 is 1.10 bits per heavy atom. The van der Waals surface area contributed by atoms with Crippen molar-refractivity contribution in [2.24, 2.45) is 0 Å². The number of aryl methyl sites for hydroxylation is 3. The quantitative estimate of drug-likeness (QED) is 0.0273. The van der Waals surface area contributed by atoms with E-state index in [0.29, 0.717) is 69.3 Å². The van der Waals surface area contributed by atoms with E-state index in [1.165, 1.54) is 59.8 Å². The van der Waals surface area contributed by atoms with Crippen molar-refractivity contribution in [1.82, 2.24) is 60.1 Å². The van der Waals surface area contributed by atoms with E-state index in [4.69, 9.17) is 46.3 Å². The molecule has 0 bridgehead atoms. The lowest BCUT2D eigenvalue weighted by Gasteiger charge is -2.27. The zero-order valence-corrected chi connectivity index (χ0v) is 83.1. The summed E-state index contributed by atoms with van der Waals surface area (Å²) in [5.74, 6) is 6.40. The van der Waals surface area contributed by atoms with Gasteiger partial charge in [-0.2, -0.15) is 8.42 Å². The third kappa shape index (κ3) is 35.6. The van der Waals surface area contributed by atoms with E-state index in [0.717, 1.165) is 205 Å². The smallest absolute Gasteiger partial charge is 0.265 e. The van der Waals surface area contributed by atoms with Crippen LogP contribution in [0.5, 0.6) is 28.7 Å². The molecule has 12 aromatic rings. The van der Waals surface area contributed by atoms with Crippen LogP contribution in [-0.4, -0.2) is 216 Å². The highest BCUT2D eigenvalue weighted by Gasteiger charge is 2.39. The fourth-order valence-corrected chi connectivity index (χ4v) is 17.8. The van der Waals surface area contributed by atoms with Crippen LogP contribution in [0.3, 0.4) is 0 Å². The molecule has 140 heavy (non-hydrogen) atoms. The molecule has 7 aliphatic rings. The van der Waals surface area contributed by atoms with Gasteiger partial charge in [0.05, 0.1) is 62.2 Å². The van der Waals surface area contributed by atoms with Gasteiger partial charge in [0, 0.05) is 118 Å². The van der Waals surface area contributed by atoms with Gasteiger partial charge in [-0.15, -0.1) is 0 Å². The van der Waals surface area contributed by atoms with Gasteiger partial charge in [0.1, 0.15) is 89.5 Å². The molecular weight excluding hydrogens is 1820 g/mol. The summed E-state index contributed by atoms with van der Waals surface area (Å²) in [7, 11) is -3.59. The topological polar surface area (TPSA) is 266 Å². The fraction of sp³-hybridized carbons (Fsp3) is 0.360. The third-order valence-corrected chi connectivity index (χ3v) is 25.7. The molecule has 0 unspecified atom stereocenters. The Bertz CT molecular complexity index is 5650. The number of ether oxygens (including phenoxy) is 4. The molecule has 0 spiro atoms. The van der Waals surface area contributed by atoms with E-state index < -0.39 is 16.2 Å². The number of nitrogens with zero attached hydrogens (tertiary/aromatic N) is 13. The maximum atomic E-state index is 13.2. The highest BCUT2D eigenvalue weighted by Crippen LogP contribution is 2.29. The van der Waals surface area contributed by atoms with Crippen LogP contribution in [0, 0.1) is 27.2 Å². The van der Waals surface area contributed by atoms with Crippen LogP contribution < -0.4 is 44.3 Å². The van der Waals surface area contributed by atoms with Gasteiger partial charge in [0.2, 0.25) is 11.8 Å². The predicted octanol–water partition coefficient (Wildman–Crippen LogP) is 17.8. The number of aromatic hydroxyl groups is 1. The zero-order valence-electron chi connectivity index (χ0n) is 80.8. The lowest BCUT2D eigenvalue weighted by molar-refractivity contribution is -0.134. The first-order chi connectivity index (χ1) is 68.2. The van der Waals surface area contributed by atoms with Gasteiger partial charge in [0.15, 0.2) is 6.10 Å². The molecule has 3 N–H and O–H groups in total. The monoisotopic (exact) mass is 1950 g/mol. The zero-order chi connectivity index (χ0) is 97.9. The summed E-state index contributed by atoms with van der Waals surface area (Å²) < 4.78 is 49.6. The summed E-state index contributed by atoms with van der Waals surface area (Å²) in [4.78, 5) is 76.8. The van der Waals surface area contributed by atoms with E-state index in [9.17, 15) is 27.9 Å². The molecule has 26 nitrogen and oxygen atoms in total. The van der Waals surface area contributed by atoms with Gasteiger partial charge in [-0.05, 0) is 178 Å². The molecule has 7 fully saturated rings. The second kappa shape index (κ2) is 55.9. The maximum absolute atomic E-state index is 13.2. The number of hydrogen-bond donors (Lipinski definition) is 3. The summed E-state index contributed by atoms with van der Waals surface area (Å²) in [5.41, 5.74) is 11.6. The molecule has 736 valence electrons. The molecule has 0 radical (unpaired) electrons. The number of carbonyl (C=O) groups excluding carboxylic acids is 3. The number of likely N-dealkylation sites (tertiary alicyclic amines) is 3.